The van der Waals surface area contributed by atoms with Crippen LogP contribution in [-0.2, 0) is 4.79 Å². The van der Waals surface area contributed by atoms with Crippen molar-refractivity contribution in [3.8, 4) is 0 Å². The predicted octanol–water partition coefficient (Wildman–Crippen LogP) is 1.17. The standard InChI is InChI=1S/C14H18FN3O2/c1-8-11(15)5-10(13(16)19)6-12(8)18-14(20)9-3-2-4-17-7-9/h5-6,9,17H,2-4,7H2,1H3,(H2,16,19)(H,18,20)/t9-/m0/s1. The SMILES string of the molecule is Cc1c(F)cc(C(N)=O)cc1NC(=O)[C@H]1CCCNC1. The molecule has 108 valence electrons. The number of anilines is 1. The van der Waals surface area contributed by atoms with Gasteiger partial charge in [-0.25, -0.2) is 4.39 Å². The fourth-order valence-corrected chi connectivity index (χ4v) is 2.26. The first-order valence-corrected chi connectivity index (χ1v) is 6.60. The lowest BCUT2D eigenvalue weighted by Crippen LogP contribution is -2.37. The molecule has 1 aromatic rings. The summed E-state index contributed by atoms with van der Waals surface area (Å²) in [5.74, 6) is -1.58. The van der Waals surface area contributed by atoms with Crippen molar-refractivity contribution in [2.45, 2.75) is 19.8 Å². The molecule has 0 spiro atoms. The number of piperidine rings is 1. The van der Waals surface area contributed by atoms with Crippen LogP contribution in [0.15, 0.2) is 12.1 Å². The normalized spacial score (nSPS) is 18.6. The third-order valence-electron chi connectivity index (χ3n) is 3.55. The highest BCUT2D eigenvalue weighted by Crippen LogP contribution is 2.22. The minimum Gasteiger partial charge on any atom is -0.366 e. The maximum Gasteiger partial charge on any atom is 0.248 e. The number of hydrogen-bond donors (Lipinski definition) is 3. The zero-order valence-electron chi connectivity index (χ0n) is 11.3. The highest BCUT2D eigenvalue weighted by atomic mass is 19.1. The van der Waals surface area contributed by atoms with Gasteiger partial charge in [0.25, 0.3) is 0 Å². The van der Waals surface area contributed by atoms with Gasteiger partial charge in [0.1, 0.15) is 5.82 Å². The number of carbonyl (C=O) groups excluding carboxylic acids is 2. The molecular weight excluding hydrogens is 261 g/mol. The van der Waals surface area contributed by atoms with Gasteiger partial charge in [-0.2, -0.15) is 0 Å². The number of benzene rings is 1. The number of nitrogens with two attached hydrogens (primary N) is 1. The second kappa shape index (κ2) is 6.00. The zero-order chi connectivity index (χ0) is 14.7. The minimum atomic E-state index is -0.723. The quantitative estimate of drug-likeness (QED) is 0.776. The summed E-state index contributed by atoms with van der Waals surface area (Å²) in [6.07, 6.45) is 1.74. The van der Waals surface area contributed by atoms with Crippen molar-refractivity contribution >= 4 is 17.5 Å². The van der Waals surface area contributed by atoms with Crippen LogP contribution >= 0.6 is 0 Å². The molecule has 0 saturated carbocycles. The first-order chi connectivity index (χ1) is 9.49. The molecule has 1 saturated heterocycles. The predicted molar refractivity (Wildman–Crippen MR) is 73.9 cm³/mol. The summed E-state index contributed by atoms with van der Waals surface area (Å²) in [6.45, 7) is 3.08. The lowest BCUT2D eigenvalue weighted by atomic mass is 9.98. The van der Waals surface area contributed by atoms with E-state index >= 15 is 0 Å². The molecule has 4 N–H and O–H groups in total. The van der Waals surface area contributed by atoms with Crippen molar-refractivity contribution in [3.63, 3.8) is 0 Å². The number of carbonyl (C=O) groups is 2. The van der Waals surface area contributed by atoms with Crippen LogP contribution in [0.1, 0.15) is 28.8 Å². The molecule has 2 amide bonds. The zero-order valence-corrected chi connectivity index (χ0v) is 11.3. The second-order valence-corrected chi connectivity index (χ2v) is 5.03. The molecule has 2 rings (SSSR count). The highest BCUT2D eigenvalue weighted by molar-refractivity contribution is 5.97. The molecule has 0 bridgehead atoms. The number of nitrogens with one attached hydrogen (secondary N) is 2. The van der Waals surface area contributed by atoms with Gasteiger partial charge in [0, 0.05) is 23.4 Å². The first kappa shape index (κ1) is 14.5. The molecule has 0 aliphatic carbocycles. The van der Waals surface area contributed by atoms with Gasteiger partial charge in [-0.15, -0.1) is 0 Å². The van der Waals surface area contributed by atoms with Gasteiger partial charge in [-0.3, -0.25) is 9.59 Å². The Balaban J connectivity index is 2.19. The summed E-state index contributed by atoms with van der Waals surface area (Å²) in [4.78, 5) is 23.3. The topological polar surface area (TPSA) is 84.2 Å². The van der Waals surface area contributed by atoms with Crippen molar-refractivity contribution < 1.29 is 14.0 Å². The maximum absolute atomic E-state index is 13.7. The first-order valence-electron chi connectivity index (χ1n) is 6.60. The van der Waals surface area contributed by atoms with Crippen LogP contribution in [0.2, 0.25) is 0 Å². The number of primary amides is 1. The summed E-state index contributed by atoms with van der Waals surface area (Å²) in [7, 11) is 0. The van der Waals surface area contributed by atoms with Crippen molar-refractivity contribution in [1.29, 1.82) is 0 Å². The Labute approximate surface area is 116 Å². The van der Waals surface area contributed by atoms with Gasteiger partial charge in [-0.05, 0) is 38.4 Å². The molecule has 1 aliphatic heterocycles. The highest BCUT2D eigenvalue weighted by Gasteiger charge is 2.22. The van der Waals surface area contributed by atoms with Gasteiger partial charge in [0.2, 0.25) is 11.8 Å². The summed E-state index contributed by atoms with van der Waals surface area (Å²) >= 11 is 0. The maximum atomic E-state index is 13.7. The third-order valence-corrected chi connectivity index (χ3v) is 3.55. The summed E-state index contributed by atoms with van der Waals surface area (Å²) in [6, 6.07) is 2.49. The van der Waals surface area contributed by atoms with Gasteiger partial charge in [0.15, 0.2) is 0 Å². The Morgan fingerprint density at radius 2 is 2.20 bits per heavy atom. The molecule has 0 aromatic heterocycles. The summed E-state index contributed by atoms with van der Waals surface area (Å²) in [5, 5.41) is 5.84. The van der Waals surface area contributed by atoms with E-state index in [4.69, 9.17) is 5.73 Å². The molecule has 1 aromatic carbocycles. The van der Waals surface area contributed by atoms with E-state index in [1.165, 1.54) is 6.07 Å². The van der Waals surface area contributed by atoms with E-state index in [2.05, 4.69) is 10.6 Å². The average molecular weight is 279 g/mol. The number of amides is 2. The third kappa shape index (κ3) is 3.14. The van der Waals surface area contributed by atoms with Crippen molar-refractivity contribution in [1.82, 2.24) is 5.32 Å². The lowest BCUT2D eigenvalue weighted by molar-refractivity contribution is -0.120. The van der Waals surface area contributed by atoms with E-state index in [0.29, 0.717) is 17.8 Å². The second-order valence-electron chi connectivity index (χ2n) is 5.03. The van der Waals surface area contributed by atoms with Crippen molar-refractivity contribution in [2.24, 2.45) is 11.7 Å². The van der Waals surface area contributed by atoms with Gasteiger partial charge in [-0.1, -0.05) is 0 Å². The number of rotatable bonds is 3. The minimum absolute atomic E-state index is 0.0465. The van der Waals surface area contributed by atoms with Crippen LogP contribution in [0.25, 0.3) is 0 Å². The molecule has 1 heterocycles. The van der Waals surface area contributed by atoms with Gasteiger partial charge < -0.3 is 16.4 Å². The van der Waals surface area contributed by atoms with E-state index in [1.807, 2.05) is 0 Å². The number of halogens is 1. The van der Waals surface area contributed by atoms with Crippen molar-refractivity contribution in [3.05, 3.63) is 29.1 Å². The molecule has 0 radical (unpaired) electrons. The molecule has 1 atom stereocenters. The monoisotopic (exact) mass is 279 g/mol. The molecular formula is C14H18FN3O2. The van der Waals surface area contributed by atoms with Crippen LogP contribution < -0.4 is 16.4 Å². The Hall–Kier alpha value is -1.95. The molecule has 1 aliphatic rings. The summed E-state index contributed by atoms with van der Waals surface area (Å²) < 4.78 is 13.7. The fraction of sp³-hybridized carbons (Fsp3) is 0.429. The van der Waals surface area contributed by atoms with Crippen LogP contribution in [0.5, 0.6) is 0 Å². The van der Waals surface area contributed by atoms with E-state index in [1.54, 1.807) is 6.92 Å². The number of hydrogen-bond acceptors (Lipinski definition) is 3. The molecule has 1 fully saturated rings. The van der Waals surface area contributed by atoms with Gasteiger partial charge in [0.05, 0.1) is 5.92 Å². The van der Waals surface area contributed by atoms with Crippen molar-refractivity contribution in [2.75, 3.05) is 18.4 Å². The largest absolute Gasteiger partial charge is 0.366 e. The molecule has 20 heavy (non-hydrogen) atoms. The summed E-state index contributed by atoms with van der Waals surface area (Å²) in [5.41, 5.74) is 5.79. The molecule has 6 heteroatoms. The average Bonchev–Trinajstić information content (AvgIpc) is 2.44. The van der Waals surface area contributed by atoms with Crippen LogP contribution in [0.3, 0.4) is 0 Å². The fourth-order valence-electron chi connectivity index (χ4n) is 2.26. The van der Waals surface area contributed by atoms with E-state index < -0.39 is 11.7 Å². The Morgan fingerprint density at radius 3 is 2.80 bits per heavy atom. The van der Waals surface area contributed by atoms with E-state index in [9.17, 15) is 14.0 Å². The Bertz CT molecular complexity index is 539. The van der Waals surface area contributed by atoms with Crippen LogP contribution in [-0.4, -0.2) is 24.9 Å². The van der Waals surface area contributed by atoms with Crippen LogP contribution in [0.4, 0.5) is 10.1 Å². The smallest absolute Gasteiger partial charge is 0.248 e. The van der Waals surface area contributed by atoms with E-state index in [-0.39, 0.29) is 17.4 Å². The Morgan fingerprint density at radius 1 is 1.45 bits per heavy atom. The van der Waals surface area contributed by atoms with Crippen LogP contribution in [0, 0.1) is 18.7 Å². The Kier molecular flexibility index (Phi) is 4.34. The lowest BCUT2D eigenvalue weighted by Gasteiger charge is -2.22. The van der Waals surface area contributed by atoms with Gasteiger partial charge >= 0.3 is 0 Å². The van der Waals surface area contributed by atoms with E-state index in [0.717, 1.165) is 25.5 Å². The molecule has 0 unspecified atom stereocenters. The molecule has 5 nitrogen and oxygen atoms in total.